The summed E-state index contributed by atoms with van der Waals surface area (Å²) in [7, 11) is 0. The van der Waals surface area contributed by atoms with Crippen LogP contribution in [0.4, 0.5) is 0 Å². The maximum absolute atomic E-state index is 10.7. The average molecular weight is 193 g/mol. The molecule has 1 fully saturated rings. The topological polar surface area (TPSA) is 52.6 Å². The van der Waals surface area contributed by atoms with Crippen LogP contribution in [0.3, 0.4) is 0 Å². The Morgan fingerprint density at radius 1 is 1.58 bits per heavy atom. The SMILES string of the molecule is CC(Cl)(C(=O)O)N1CCNCC1. The van der Waals surface area contributed by atoms with Gasteiger partial charge in [0.2, 0.25) is 0 Å². The molecule has 0 aromatic heterocycles. The zero-order valence-corrected chi connectivity index (χ0v) is 7.76. The van der Waals surface area contributed by atoms with Gasteiger partial charge in [-0.05, 0) is 6.92 Å². The van der Waals surface area contributed by atoms with E-state index in [1.807, 2.05) is 0 Å². The van der Waals surface area contributed by atoms with Crippen LogP contribution in [0.2, 0.25) is 0 Å². The first-order valence-corrected chi connectivity index (χ1v) is 4.31. The zero-order valence-electron chi connectivity index (χ0n) is 7.01. The van der Waals surface area contributed by atoms with E-state index < -0.39 is 11.0 Å². The van der Waals surface area contributed by atoms with Gasteiger partial charge >= 0.3 is 5.97 Å². The van der Waals surface area contributed by atoms with Crippen LogP contribution in [0.5, 0.6) is 0 Å². The summed E-state index contributed by atoms with van der Waals surface area (Å²) in [4.78, 5) is 11.2. The molecule has 1 aliphatic rings. The van der Waals surface area contributed by atoms with Gasteiger partial charge in [0.25, 0.3) is 0 Å². The normalized spacial score (nSPS) is 24.8. The molecule has 70 valence electrons. The fourth-order valence-electron chi connectivity index (χ4n) is 1.22. The third-order valence-corrected chi connectivity index (χ3v) is 2.50. The number of hydrogen-bond acceptors (Lipinski definition) is 3. The monoisotopic (exact) mass is 192 g/mol. The predicted octanol–water partition coefficient (Wildman–Crippen LogP) is -0.0688. The smallest absolute Gasteiger partial charge is 0.339 e. The van der Waals surface area contributed by atoms with E-state index in [2.05, 4.69) is 5.32 Å². The first kappa shape index (κ1) is 9.77. The Hall–Kier alpha value is -0.320. The van der Waals surface area contributed by atoms with Gasteiger partial charge in [-0.25, -0.2) is 4.79 Å². The predicted molar refractivity (Wildman–Crippen MR) is 46.3 cm³/mol. The van der Waals surface area contributed by atoms with Crippen LogP contribution < -0.4 is 5.32 Å². The van der Waals surface area contributed by atoms with Crippen molar-refractivity contribution >= 4 is 17.6 Å². The Kier molecular flexibility index (Phi) is 2.93. The lowest BCUT2D eigenvalue weighted by Crippen LogP contribution is -2.55. The molecule has 1 unspecified atom stereocenters. The summed E-state index contributed by atoms with van der Waals surface area (Å²) in [5.41, 5.74) is 0. The van der Waals surface area contributed by atoms with Gasteiger partial charge < -0.3 is 10.4 Å². The van der Waals surface area contributed by atoms with Gasteiger partial charge in [-0.15, -0.1) is 0 Å². The summed E-state index contributed by atoms with van der Waals surface area (Å²) in [6.45, 7) is 4.49. The molecule has 0 spiro atoms. The maximum atomic E-state index is 10.7. The largest absolute Gasteiger partial charge is 0.479 e. The number of nitrogens with one attached hydrogen (secondary N) is 1. The van der Waals surface area contributed by atoms with Crippen LogP contribution in [-0.2, 0) is 4.79 Å². The molecule has 0 saturated carbocycles. The first-order valence-electron chi connectivity index (χ1n) is 3.93. The number of alkyl halides is 1. The standard InChI is InChI=1S/C7H13ClN2O2/c1-7(8,6(11)12)10-4-2-9-3-5-10/h9H,2-5H2,1H3,(H,11,12). The molecule has 0 amide bonds. The van der Waals surface area contributed by atoms with Crippen molar-refractivity contribution in [2.24, 2.45) is 0 Å². The molecule has 0 aliphatic carbocycles. The molecule has 0 aromatic rings. The molecule has 12 heavy (non-hydrogen) atoms. The van der Waals surface area contributed by atoms with Crippen molar-refractivity contribution in [3.05, 3.63) is 0 Å². The Morgan fingerprint density at radius 2 is 2.08 bits per heavy atom. The highest BCUT2D eigenvalue weighted by Crippen LogP contribution is 2.20. The molecular weight excluding hydrogens is 180 g/mol. The summed E-state index contributed by atoms with van der Waals surface area (Å²) >= 11 is 5.85. The summed E-state index contributed by atoms with van der Waals surface area (Å²) < 4.78 is 0. The van der Waals surface area contributed by atoms with Crippen LogP contribution in [0.25, 0.3) is 0 Å². The highest BCUT2D eigenvalue weighted by atomic mass is 35.5. The first-order chi connectivity index (χ1) is 5.55. The third kappa shape index (κ3) is 1.88. The van der Waals surface area contributed by atoms with Crippen molar-refractivity contribution in [1.82, 2.24) is 10.2 Å². The molecule has 1 rings (SSSR count). The van der Waals surface area contributed by atoms with Crippen LogP contribution in [-0.4, -0.2) is 47.2 Å². The fraction of sp³-hybridized carbons (Fsp3) is 0.857. The number of piperazine rings is 1. The van der Waals surface area contributed by atoms with Crippen molar-refractivity contribution in [2.75, 3.05) is 26.2 Å². The Morgan fingerprint density at radius 3 is 2.50 bits per heavy atom. The molecule has 1 heterocycles. The number of nitrogens with zero attached hydrogens (tertiary/aromatic N) is 1. The van der Waals surface area contributed by atoms with E-state index in [4.69, 9.17) is 16.7 Å². The van der Waals surface area contributed by atoms with E-state index in [0.29, 0.717) is 13.1 Å². The van der Waals surface area contributed by atoms with Crippen molar-refractivity contribution in [1.29, 1.82) is 0 Å². The third-order valence-electron chi connectivity index (χ3n) is 2.10. The van der Waals surface area contributed by atoms with E-state index in [1.54, 1.807) is 4.90 Å². The zero-order chi connectivity index (χ0) is 9.19. The minimum Gasteiger partial charge on any atom is -0.479 e. The van der Waals surface area contributed by atoms with Crippen molar-refractivity contribution in [3.63, 3.8) is 0 Å². The van der Waals surface area contributed by atoms with Crippen LogP contribution in [0.15, 0.2) is 0 Å². The minimum atomic E-state index is -1.25. The molecule has 2 N–H and O–H groups in total. The lowest BCUT2D eigenvalue weighted by molar-refractivity contribution is -0.145. The molecule has 4 nitrogen and oxygen atoms in total. The second-order valence-electron chi connectivity index (χ2n) is 3.00. The van der Waals surface area contributed by atoms with Crippen molar-refractivity contribution in [3.8, 4) is 0 Å². The summed E-state index contributed by atoms with van der Waals surface area (Å²) in [6.07, 6.45) is 0. The van der Waals surface area contributed by atoms with Gasteiger partial charge in [-0.2, -0.15) is 0 Å². The number of rotatable bonds is 2. The second-order valence-corrected chi connectivity index (χ2v) is 3.73. The maximum Gasteiger partial charge on any atom is 0.339 e. The number of hydrogen-bond donors (Lipinski definition) is 2. The van der Waals surface area contributed by atoms with Crippen LogP contribution in [0, 0.1) is 0 Å². The average Bonchev–Trinajstić information content (AvgIpc) is 2.06. The van der Waals surface area contributed by atoms with Crippen molar-refractivity contribution < 1.29 is 9.90 Å². The van der Waals surface area contributed by atoms with Gasteiger partial charge in [0, 0.05) is 26.2 Å². The number of carbonyl (C=O) groups is 1. The Labute approximate surface area is 76.5 Å². The van der Waals surface area contributed by atoms with Crippen LogP contribution in [0.1, 0.15) is 6.92 Å². The van der Waals surface area contributed by atoms with Crippen molar-refractivity contribution in [2.45, 2.75) is 11.9 Å². The Balaban J connectivity index is 2.59. The van der Waals surface area contributed by atoms with Gasteiger partial charge in [0.15, 0.2) is 5.00 Å². The van der Waals surface area contributed by atoms with Crippen LogP contribution >= 0.6 is 11.6 Å². The molecular formula is C7H13ClN2O2. The summed E-state index contributed by atoms with van der Waals surface area (Å²) in [5.74, 6) is -0.980. The van der Waals surface area contributed by atoms with E-state index in [0.717, 1.165) is 13.1 Å². The highest BCUT2D eigenvalue weighted by molar-refractivity contribution is 6.33. The van der Waals surface area contributed by atoms with E-state index in [9.17, 15) is 4.79 Å². The quantitative estimate of drug-likeness (QED) is 0.475. The van der Waals surface area contributed by atoms with Gasteiger partial charge in [-0.1, -0.05) is 11.6 Å². The Bertz CT molecular complexity index is 178. The van der Waals surface area contributed by atoms with Gasteiger partial charge in [-0.3, -0.25) is 4.90 Å². The fourth-order valence-corrected chi connectivity index (χ4v) is 1.39. The van der Waals surface area contributed by atoms with E-state index in [1.165, 1.54) is 6.92 Å². The number of carboxylic acid groups (broad SMARTS) is 1. The molecule has 5 heteroatoms. The van der Waals surface area contributed by atoms with E-state index in [-0.39, 0.29) is 0 Å². The van der Waals surface area contributed by atoms with Gasteiger partial charge in [0.1, 0.15) is 0 Å². The van der Waals surface area contributed by atoms with Gasteiger partial charge in [0.05, 0.1) is 0 Å². The highest BCUT2D eigenvalue weighted by Gasteiger charge is 2.37. The minimum absolute atomic E-state index is 0.687. The summed E-state index contributed by atoms with van der Waals surface area (Å²) in [6, 6.07) is 0. The molecule has 1 saturated heterocycles. The van der Waals surface area contributed by atoms with E-state index >= 15 is 0 Å². The number of carboxylic acids is 1. The molecule has 0 radical (unpaired) electrons. The number of aliphatic carboxylic acids is 1. The lowest BCUT2D eigenvalue weighted by atomic mass is 10.2. The summed E-state index contributed by atoms with van der Waals surface area (Å²) in [5, 5.41) is 11.9. The molecule has 1 aliphatic heterocycles. The number of halogens is 1. The second kappa shape index (κ2) is 3.60. The lowest BCUT2D eigenvalue weighted by Gasteiger charge is -2.35. The molecule has 1 atom stereocenters. The molecule has 0 aromatic carbocycles. The molecule has 0 bridgehead atoms.